The van der Waals surface area contributed by atoms with Crippen LogP contribution in [0.2, 0.25) is 0 Å². The van der Waals surface area contributed by atoms with Gasteiger partial charge in [-0.3, -0.25) is 4.21 Å². The number of rotatable bonds is 6. The predicted octanol–water partition coefficient (Wildman–Crippen LogP) is 4.22. The van der Waals surface area contributed by atoms with Crippen molar-refractivity contribution in [2.75, 3.05) is 12.3 Å². The van der Waals surface area contributed by atoms with Crippen molar-refractivity contribution >= 4 is 26.7 Å². The number of benzene rings is 2. The van der Waals surface area contributed by atoms with E-state index in [-0.39, 0.29) is 6.04 Å². The topological polar surface area (TPSA) is 29.1 Å². The fraction of sp³-hybridized carbons (Fsp3) is 0.294. The summed E-state index contributed by atoms with van der Waals surface area (Å²) >= 11 is 3.48. The van der Waals surface area contributed by atoms with Crippen molar-refractivity contribution in [2.45, 2.75) is 24.8 Å². The van der Waals surface area contributed by atoms with Crippen LogP contribution in [0.15, 0.2) is 57.9 Å². The van der Waals surface area contributed by atoms with Crippen molar-refractivity contribution in [3.63, 3.8) is 0 Å². The predicted molar refractivity (Wildman–Crippen MR) is 93.0 cm³/mol. The molecule has 2 nitrogen and oxygen atoms in total. The zero-order valence-corrected chi connectivity index (χ0v) is 14.7. The van der Waals surface area contributed by atoms with Gasteiger partial charge >= 0.3 is 0 Å². The molecule has 112 valence electrons. The summed E-state index contributed by atoms with van der Waals surface area (Å²) in [4.78, 5) is 0.856. The van der Waals surface area contributed by atoms with Crippen molar-refractivity contribution < 1.29 is 4.21 Å². The molecule has 0 bridgehead atoms. The van der Waals surface area contributed by atoms with Gasteiger partial charge in [-0.25, -0.2) is 0 Å². The summed E-state index contributed by atoms with van der Waals surface area (Å²) < 4.78 is 13.6. The van der Waals surface area contributed by atoms with E-state index in [0.717, 1.165) is 15.9 Å². The maximum Gasteiger partial charge on any atom is 0.0560 e. The van der Waals surface area contributed by atoms with E-state index in [0.29, 0.717) is 5.75 Å². The van der Waals surface area contributed by atoms with E-state index >= 15 is 0 Å². The Hall–Kier alpha value is -0.970. The third kappa shape index (κ3) is 4.25. The second-order valence-corrected chi connectivity index (χ2v) is 7.23. The largest absolute Gasteiger partial charge is 0.309 e. The van der Waals surface area contributed by atoms with Crippen molar-refractivity contribution in [2.24, 2.45) is 0 Å². The number of aryl methyl sites for hydroxylation is 1. The normalized spacial score (nSPS) is 13.9. The molecule has 0 radical (unpaired) electrons. The first kappa shape index (κ1) is 16.4. The third-order valence-electron chi connectivity index (χ3n) is 3.41. The Kier molecular flexibility index (Phi) is 6.15. The lowest BCUT2D eigenvalue weighted by Gasteiger charge is -2.20. The Morgan fingerprint density at radius 2 is 1.81 bits per heavy atom. The Labute approximate surface area is 137 Å². The highest BCUT2D eigenvalue weighted by atomic mass is 79.9. The van der Waals surface area contributed by atoms with Gasteiger partial charge in [0, 0.05) is 16.3 Å². The number of nitrogens with one attached hydrogen (secondary N) is 1. The highest BCUT2D eigenvalue weighted by Gasteiger charge is 2.18. The first-order valence-corrected chi connectivity index (χ1v) is 9.16. The molecule has 21 heavy (non-hydrogen) atoms. The molecular formula is C17H20BrNOS. The van der Waals surface area contributed by atoms with Crippen LogP contribution in [0.3, 0.4) is 0 Å². The van der Waals surface area contributed by atoms with Crippen molar-refractivity contribution in [1.82, 2.24) is 5.32 Å². The van der Waals surface area contributed by atoms with Gasteiger partial charge in [0.15, 0.2) is 0 Å². The van der Waals surface area contributed by atoms with E-state index in [9.17, 15) is 4.21 Å². The van der Waals surface area contributed by atoms with E-state index in [1.807, 2.05) is 36.4 Å². The van der Waals surface area contributed by atoms with Crippen LogP contribution in [-0.2, 0) is 10.8 Å². The van der Waals surface area contributed by atoms with Crippen molar-refractivity contribution in [1.29, 1.82) is 0 Å². The Morgan fingerprint density at radius 1 is 1.14 bits per heavy atom. The zero-order chi connectivity index (χ0) is 15.2. The van der Waals surface area contributed by atoms with E-state index in [1.165, 1.54) is 11.1 Å². The van der Waals surface area contributed by atoms with Gasteiger partial charge < -0.3 is 5.32 Å². The van der Waals surface area contributed by atoms with Gasteiger partial charge in [0.05, 0.1) is 15.7 Å². The fourth-order valence-electron chi connectivity index (χ4n) is 2.35. The molecule has 0 aliphatic carbocycles. The maximum atomic E-state index is 12.7. The second-order valence-electron chi connectivity index (χ2n) is 4.91. The van der Waals surface area contributed by atoms with Gasteiger partial charge in [-0.2, -0.15) is 0 Å². The summed E-state index contributed by atoms with van der Waals surface area (Å²) in [5, 5.41) is 3.45. The highest BCUT2D eigenvalue weighted by molar-refractivity contribution is 9.10. The second kappa shape index (κ2) is 7.87. The standard InChI is InChI=1S/C17H20BrNOS/c1-3-19-16(14-9-5-4-8-13(14)2)12-21(20)17-11-7-6-10-15(17)18/h4-11,16,19H,3,12H2,1-2H3. The summed E-state index contributed by atoms with van der Waals surface area (Å²) in [7, 11) is -1.04. The van der Waals surface area contributed by atoms with Crippen LogP contribution in [0.25, 0.3) is 0 Å². The monoisotopic (exact) mass is 365 g/mol. The van der Waals surface area contributed by atoms with Gasteiger partial charge in [-0.1, -0.05) is 43.3 Å². The van der Waals surface area contributed by atoms with Crippen LogP contribution in [0.1, 0.15) is 24.1 Å². The molecule has 0 aliphatic rings. The van der Waals surface area contributed by atoms with Gasteiger partial charge in [-0.15, -0.1) is 0 Å². The molecule has 2 atom stereocenters. The first-order chi connectivity index (χ1) is 10.1. The molecule has 2 aromatic rings. The molecule has 2 unspecified atom stereocenters. The molecule has 0 aliphatic heterocycles. The molecule has 0 amide bonds. The first-order valence-electron chi connectivity index (χ1n) is 7.05. The Morgan fingerprint density at radius 3 is 2.48 bits per heavy atom. The van der Waals surface area contributed by atoms with E-state index in [4.69, 9.17) is 0 Å². The molecule has 2 aromatic carbocycles. The molecule has 2 rings (SSSR count). The maximum absolute atomic E-state index is 12.7. The minimum atomic E-state index is -1.04. The van der Waals surface area contributed by atoms with Crippen molar-refractivity contribution in [3.8, 4) is 0 Å². The quantitative estimate of drug-likeness (QED) is 0.830. The average Bonchev–Trinajstić information content (AvgIpc) is 2.47. The fourth-order valence-corrected chi connectivity index (χ4v) is 4.48. The lowest BCUT2D eigenvalue weighted by atomic mass is 10.0. The zero-order valence-electron chi connectivity index (χ0n) is 12.3. The Balaban J connectivity index is 2.23. The molecule has 0 heterocycles. The molecular weight excluding hydrogens is 346 g/mol. The van der Waals surface area contributed by atoms with Crippen LogP contribution in [0.5, 0.6) is 0 Å². The molecule has 0 aromatic heterocycles. The van der Waals surface area contributed by atoms with E-state index in [2.05, 4.69) is 47.2 Å². The molecule has 0 saturated heterocycles. The molecule has 0 fully saturated rings. The smallest absolute Gasteiger partial charge is 0.0560 e. The van der Waals surface area contributed by atoms with Gasteiger partial charge in [0.25, 0.3) is 0 Å². The van der Waals surface area contributed by atoms with Gasteiger partial charge in [0.2, 0.25) is 0 Å². The van der Waals surface area contributed by atoms with Crippen LogP contribution in [-0.4, -0.2) is 16.5 Å². The number of halogens is 1. The average molecular weight is 366 g/mol. The summed E-state index contributed by atoms with van der Waals surface area (Å²) in [6, 6.07) is 16.1. The third-order valence-corrected chi connectivity index (χ3v) is 5.85. The van der Waals surface area contributed by atoms with Gasteiger partial charge in [0.1, 0.15) is 0 Å². The van der Waals surface area contributed by atoms with Crippen molar-refractivity contribution in [3.05, 3.63) is 64.1 Å². The molecule has 1 N–H and O–H groups in total. The highest BCUT2D eigenvalue weighted by Crippen LogP contribution is 2.24. The molecule has 0 spiro atoms. The van der Waals surface area contributed by atoms with Crippen LogP contribution in [0, 0.1) is 6.92 Å². The SMILES string of the molecule is CCNC(CS(=O)c1ccccc1Br)c1ccccc1C. The Bertz CT molecular complexity index is 630. The minimum Gasteiger partial charge on any atom is -0.309 e. The van der Waals surface area contributed by atoms with Crippen LogP contribution < -0.4 is 5.32 Å². The summed E-state index contributed by atoms with van der Waals surface area (Å²) in [5.74, 6) is 0.571. The molecule has 0 saturated carbocycles. The summed E-state index contributed by atoms with van der Waals surface area (Å²) in [5.41, 5.74) is 2.45. The molecule has 4 heteroatoms. The van der Waals surface area contributed by atoms with Crippen LogP contribution >= 0.6 is 15.9 Å². The lowest BCUT2D eigenvalue weighted by Crippen LogP contribution is -2.26. The number of hydrogen-bond donors (Lipinski definition) is 1. The lowest BCUT2D eigenvalue weighted by molar-refractivity contribution is 0.592. The van der Waals surface area contributed by atoms with E-state index in [1.54, 1.807) is 0 Å². The van der Waals surface area contributed by atoms with Crippen LogP contribution in [0.4, 0.5) is 0 Å². The van der Waals surface area contributed by atoms with E-state index < -0.39 is 10.8 Å². The minimum absolute atomic E-state index is 0.101. The number of hydrogen-bond acceptors (Lipinski definition) is 2. The summed E-state index contributed by atoms with van der Waals surface area (Å²) in [6.45, 7) is 5.03. The van der Waals surface area contributed by atoms with Gasteiger partial charge in [-0.05, 0) is 52.7 Å². The summed E-state index contributed by atoms with van der Waals surface area (Å²) in [6.07, 6.45) is 0.